The van der Waals surface area contributed by atoms with Crippen LogP contribution in [0.5, 0.6) is 11.5 Å². The molecule has 2 rings (SSSR count). The Labute approximate surface area is 115 Å². The van der Waals surface area contributed by atoms with E-state index >= 15 is 0 Å². The summed E-state index contributed by atoms with van der Waals surface area (Å²) in [7, 11) is 0. The number of hydrogen-bond donors (Lipinski definition) is 1. The van der Waals surface area contributed by atoms with Crippen molar-refractivity contribution < 1.29 is 19.4 Å². The van der Waals surface area contributed by atoms with Gasteiger partial charge in [0.25, 0.3) is 0 Å². The topological polar surface area (TPSA) is 55.8 Å². The second kappa shape index (κ2) is 6.24. The highest BCUT2D eigenvalue weighted by molar-refractivity contribution is 7.12. The number of carboxylic acid groups (broad SMARTS) is 1. The Bertz CT molecular complexity index is 545. The molecule has 4 nitrogen and oxygen atoms in total. The Balaban J connectivity index is 1.92. The van der Waals surface area contributed by atoms with E-state index in [1.54, 1.807) is 11.4 Å². The van der Waals surface area contributed by atoms with Crippen molar-refractivity contribution in [3.8, 4) is 11.5 Å². The van der Waals surface area contributed by atoms with Crippen LogP contribution in [-0.2, 0) is 6.61 Å². The molecule has 1 aromatic carbocycles. The summed E-state index contributed by atoms with van der Waals surface area (Å²) in [6.07, 6.45) is 0. The van der Waals surface area contributed by atoms with Gasteiger partial charge < -0.3 is 14.6 Å². The maximum absolute atomic E-state index is 10.7. The molecule has 0 aliphatic heterocycles. The first-order valence-electron chi connectivity index (χ1n) is 5.85. The van der Waals surface area contributed by atoms with Gasteiger partial charge in [0.1, 0.15) is 23.0 Å². The monoisotopic (exact) mass is 278 g/mol. The largest absolute Gasteiger partial charge is 0.494 e. The van der Waals surface area contributed by atoms with E-state index in [0.29, 0.717) is 18.1 Å². The van der Waals surface area contributed by atoms with E-state index in [9.17, 15) is 4.79 Å². The molecular weight excluding hydrogens is 264 g/mol. The van der Waals surface area contributed by atoms with Gasteiger partial charge in [-0.25, -0.2) is 4.79 Å². The molecule has 0 fully saturated rings. The molecule has 1 aromatic heterocycles. The van der Waals surface area contributed by atoms with Crippen LogP contribution in [0.15, 0.2) is 35.7 Å². The van der Waals surface area contributed by atoms with E-state index in [2.05, 4.69) is 0 Å². The van der Waals surface area contributed by atoms with Crippen molar-refractivity contribution in [1.82, 2.24) is 0 Å². The zero-order valence-corrected chi connectivity index (χ0v) is 11.3. The SMILES string of the molecule is CCOc1ccc(OCc2csc(C(=O)O)c2)cc1. The van der Waals surface area contributed by atoms with Gasteiger partial charge in [0.05, 0.1) is 6.61 Å². The highest BCUT2D eigenvalue weighted by Crippen LogP contribution is 2.20. The van der Waals surface area contributed by atoms with Crippen LogP contribution in [0.1, 0.15) is 22.2 Å². The number of carbonyl (C=O) groups is 1. The normalized spacial score (nSPS) is 10.2. The van der Waals surface area contributed by atoms with Crippen molar-refractivity contribution in [3.05, 3.63) is 46.2 Å². The average Bonchev–Trinajstić information content (AvgIpc) is 2.87. The van der Waals surface area contributed by atoms with Crippen LogP contribution < -0.4 is 9.47 Å². The third kappa shape index (κ3) is 3.72. The molecule has 19 heavy (non-hydrogen) atoms. The van der Waals surface area contributed by atoms with Crippen LogP contribution in [0, 0.1) is 0 Å². The van der Waals surface area contributed by atoms with Crippen LogP contribution in [0.3, 0.4) is 0 Å². The predicted molar refractivity (Wildman–Crippen MR) is 73.2 cm³/mol. The van der Waals surface area contributed by atoms with Crippen LogP contribution in [0.2, 0.25) is 0 Å². The van der Waals surface area contributed by atoms with E-state index in [0.717, 1.165) is 17.1 Å². The molecule has 0 aliphatic rings. The maximum Gasteiger partial charge on any atom is 0.345 e. The number of carboxylic acids is 1. The van der Waals surface area contributed by atoms with Crippen molar-refractivity contribution in [2.24, 2.45) is 0 Å². The minimum Gasteiger partial charge on any atom is -0.494 e. The summed E-state index contributed by atoms with van der Waals surface area (Å²) in [6, 6.07) is 8.97. The molecule has 1 heterocycles. The molecule has 0 bridgehead atoms. The molecule has 0 radical (unpaired) electrons. The third-order valence-electron chi connectivity index (χ3n) is 2.40. The van der Waals surface area contributed by atoms with Gasteiger partial charge in [-0.15, -0.1) is 11.3 Å². The Morgan fingerprint density at radius 3 is 2.37 bits per heavy atom. The van der Waals surface area contributed by atoms with Gasteiger partial charge in [-0.3, -0.25) is 0 Å². The van der Waals surface area contributed by atoms with Gasteiger partial charge in [0.15, 0.2) is 0 Å². The predicted octanol–water partition coefficient (Wildman–Crippen LogP) is 3.42. The van der Waals surface area contributed by atoms with Gasteiger partial charge in [-0.05, 0) is 42.6 Å². The second-order valence-electron chi connectivity index (χ2n) is 3.82. The lowest BCUT2D eigenvalue weighted by atomic mass is 10.3. The fourth-order valence-corrected chi connectivity index (χ4v) is 2.26. The summed E-state index contributed by atoms with van der Waals surface area (Å²) < 4.78 is 10.9. The number of rotatable bonds is 6. The number of benzene rings is 1. The Hall–Kier alpha value is -2.01. The van der Waals surface area contributed by atoms with Gasteiger partial charge >= 0.3 is 5.97 Å². The van der Waals surface area contributed by atoms with Gasteiger partial charge in [-0.1, -0.05) is 0 Å². The summed E-state index contributed by atoms with van der Waals surface area (Å²) in [6.45, 7) is 2.92. The van der Waals surface area contributed by atoms with Crippen LogP contribution in [0.4, 0.5) is 0 Å². The van der Waals surface area contributed by atoms with Crippen molar-refractivity contribution in [2.45, 2.75) is 13.5 Å². The summed E-state index contributed by atoms with van der Waals surface area (Å²) >= 11 is 1.20. The first-order valence-corrected chi connectivity index (χ1v) is 6.73. The van der Waals surface area contributed by atoms with E-state index in [1.165, 1.54) is 11.3 Å². The number of thiophene rings is 1. The van der Waals surface area contributed by atoms with Crippen molar-refractivity contribution in [3.63, 3.8) is 0 Å². The van der Waals surface area contributed by atoms with E-state index in [-0.39, 0.29) is 0 Å². The molecule has 100 valence electrons. The molecule has 0 unspecified atom stereocenters. The molecule has 0 amide bonds. The molecule has 0 saturated carbocycles. The lowest BCUT2D eigenvalue weighted by molar-refractivity contribution is 0.0702. The Morgan fingerprint density at radius 1 is 1.21 bits per heavy atom. The van der Waals surface area contributed by atoms with E-state index in [1.807, 2.05) is 31.2 Å². The highest BCUT2D eigenvalue weighted by atomic mass is 32.1. The quantitative estimate of drug-likeness (QED) is 0.879. The molecular formula is C14H14O4S. The summed E-state index contributed by atoms with van der Waals surface area (Å²) in [5.74, 6) is 0.627. The number of hydrogen-bond acceptors (Lipinski definition) is 4. The first-order chi connectivity index (χ1) is 9.19. The highest BCUT2D eigenvalue weighted by Gasteiger charge is 2.07. The van der Waals surface area contributed by atoms with Crippen molar-refractivity contribution in [2.75, 3.05) is 6.61 Å². The van der Waals surface area contributed by atoms with Gasteiger partial charge in [0.2, 0.25) is 0 Å². The minimum atomic E-state index is -0.905. The molecule has 2 aromatic rings. The molecule has 5 heteroatoms. The molecule has 0 atom stereocenters. The van der Waals surface area contributed by atoms with Gasteiger partial charge in [0, 0.05) is 5.56 Å². The van der Waals surface area contributed by atoms with E-state index in [4.69, 9.17) is 14.6 Å². The molecule has 0 saturated heterocycles. The zero-order chi connectivity index (χ0) is 13.7. The second-order valence-corrected chi connectivity index (χ2v) is 4.73. The van der Waals surface area contributed by atoms with Crippen LogP contribution in [0.25, 0.3) is 0 Å². The summed E-state index contributed by atoms with van der Waals surface area (Å²) in [5, 5.41) is 10.6. The molecule has 0 spiro atoms. The Morgan fingerprint density at radius 2 is 1.84 bits per heavy atom. The van der Waals surface area contributed by atoms with Crippen molar-refractivity contribution >= 4 is 17.3 Å². The summed E-state index contributed by atoms with van der Waals surface area (Å²) in [4.78, 5) is 11.1. The fraction of sp³-hybridized carbons (Fsp3) is 0.214. The van der Waals surface area contributed by atoms with Crippen LogP contribution >= 0.6 is 11.3 Å². The Kier molecular flexibility index (Phi) is 4.41. The smallest absolute Gasteiger partial charge is 0.345 e. The minimum absolute atomic E-state index is 0.324. The fourth-order valence-electron chi connectivity index (χ4n) is 1.53. The maximum atomic E-state index is 10.7. The van der Waals surface area contributed by atoms with Crippen molar-refractivity contribution in [1.29, 1.82) is 0 Å². The molecule has 0 aliphatic carbocycles. The lowest BCUT2D eigenvalue weighted by Gasteiger charge is -2.06. The van der Waals surface area contributed by atoms with E-state index < -0.39 is 5.97 Å². The average molecular weight is 278 g/mol. The first kappa shape index (κ1) is 13.4. The standard InChI is InChI=1S/C14H14O4S/c1-2-17-11-3-5-12(6-4-11)18-8-10-7-13(14(15)16)19-9-10/h3-7,9H,2,8H2,1H3,(H,15,16). The van der Waals surface area contributed by atoms with Gasteiger partial charge in [-0.2, -0.15) is 0 Å². The lowest BCUT2D eigenvalue weighted by Crippen LogP contribution is -1.95. The third-order valence-corrected chi connectivity index (χ3v) is 3.37. The molecule has 1 N–H and O–H groups in total. The number of aromatic carboxylic acids is 1. The number of ether oxygens (including phenoxy) is 2. The summed E-state index contributed by atoms with van der Waals surface area (Å²) in [5.41, 5.74) is 0.858. The van der Waals surface area contributed by atoms with Crippen LogP contribution in [-0.4, -0.2) is 17.7 Å². The zero-order valence-electron chi connectivity index (χ0n) is 10.5.